The second-order valence-corrected chi connectivity index (χ2v) is 7.47. The third-order valence-corrected chi connectivity index (χ3v) is 5.17. The van der Waals surface area contributed by atoms with Crippen molar-refractivity contribution in [2.75, 3.05) is 19.0 Å². The van der Waals surface area contributed by atoms with Crippen molar-refractivity contribution in [3.05, 3.63) is 60.4 Å². The van der Waals surface area contributed by atoms with Crippen LogP contribution in [0.1, 0.15) is 32.3 Å². The highest BCUT2D eigenvalue weighted by atomic mass is 16.1. The Morgan fingerprint density at radius 2 is 1.77 bits per heavy atom. The number of rotatable bonds is 8. The van der Waals surface area contributed by atoms with Gasteiger partial charge in [0.25, 0.3) is 0 Å². The van der Waals surface area contributed by atoms with Gasteiger partial charge in [-0.1, -0.05) is 44.2 Å². The molecule has 0 radical (unpaired) electrons. The summed E-state index contributed by atoms with van der Waals surface area (Å²) < 4.78 is 0. The highest BCUT2D eigenvalue weighted by Crippen LogP contribution is 2.30. The molecule has 0 spiro atoms. The molecular formula is C24H29N5O. The molecule has 3 aromatic rings. The van der Waals surface area contributed by atoms with Crippen LogP contribution in [0.15, 0.2) is 54.9 Å². The maximum absolute atomic E-state index is 12.2. The molecule has 0 aliphatic carbocycles. The van der Waals surface area contributed by atoms with Crippen LogP contribution < -0.4 is 10.2 Å². The van der Waals surface area contributed by atoms with Crippen LogP contribution in [0, 0.1) is 5.92 Å². The lowest BCUT2D eigenvalue weighted by molar-refractivity contribution is -0.125. The molecule has 156 valence electrons. The number of aromatic nitrogens is 3. The Morgan fingerprint density at radius 3 is 2.37 bits per heavy atom. The Kier molecular flexibility index (Phi) is 7.12. The van der Waals surface area contributed by atoms with Crippen molar-refractivity contribution in [2.24, 2.45) is 5.92 Å². The number of benzene rings is 1. The second kappa shape index (κ2) is 9.96. The summed E-state index contributed by atoms with van der Waals surface area (Å²) in [6.07, 6.45) is 5.31. The predicted octanol–water partition coefficient (Wildman–Crippen LogP) is 4.32. The van der Waals surface area contributed by atoms with Gasteiger partial charge in [0, 0.05) is 50.1 Å². The molecule has 1 aromatic carbocycles. The summed E-state index contributed by atoms with van der Waals surface area (Å²) in [7, 11) is 3.84. The summed E-state index contributed by atoms with van der Waals surface area (Å²) >= 11 is 0. The van der Waals surface area contributed by atoms with E-state index in [2.05, 4.69) is 15.3 Å². The van der Waals surface area contributed by atoms with Crippen molar-refractivity contribution in [2.45, 2.75) is 33.2 Å². The monoisotopic (exact) mass is 403 g/mol. The van der Waals surface area contributed by atoms with E-state index in [4.69, 9.17) is 4.98 Å². The largest absolute Gasteiger partial charge is 0.352 e. The zero-order chi connectivity index (χ0) is 21.5. The molecule has 6 nitrogen and oxygen atoms in total. The van der Waals surface area contributed by atoms with Gasteiger partial charge in [-0.25, -0.2) is 9.97 Å². The van der Waals surface area contributed by atoms with E-state index in [1.165, 1.54) is 0 Å². The molecule has 0 bridgehead atoms. The fraction of sp³-hybridized carbons (Fsp3) is 0.333. The van der Waals surface area contributed by atoms with Gasteiger partial charge in [-0.05, 0) is 30.5 Å². The lowest BCUT2D eigenvalue weighted by Gasteiger charge is -2.15. The van der Waals surface area contributed by atoms with Crippen molar-refractivity contribution < 1.29 is 4.79 Å². The number of hydrogen-bond acceptors (Lipinski definition) is 5. The average molecular weight is 404 g/mol. The number of nitrogens with zero attached hydrogens (tertiary/aromatic N) is 4. The van der Waals surface area contributed by atoms with Crippen LogP contribution in [0.5, 0.6) is 0 Å². The van der Waals surface area contributed by atoms with Crippen molar-refractivity contribution in [3.8, 4) is 22.5 Å². The standard InChI is InChI=1S/C24H29N5O/c1-5-18(6-2)23(30)26-15-17-10-12-19(13-11-17)22-20(21-9-7-8-14-25-21)16-27-24(28-22)29(3)4/h7-14,16,18H,5-6,15H2,1-4H3,(H,26,30). The first-order chi connectivity index (χ1) is 14.5. The van der Waals surface area contributed by atoms with Gasteiger partial charge in [0.15, 0.2) is 0 Å². The van der Waals surface area contributed by atoms with Crippen LogP contribution in [0.25, 0.3) is 22.5 Å². The van der Waals surface area contributed by atoms with Gasteiger partial charge in [-0.3, -0.25) is 9.78 Å². The number of nitrogens with one attached hydrogen (secondary N) is 1. The summed E-state index contributed by atoms with van der Waals surface area (Å²) in [6, 6.07) is 13.9. The molecule has 0 fully saturated rings. The number of carbonyl (C=O) groups excluding carboxylic acids is 1. The van der Waals surface area contributed by atoms with Gasteiger partial charge in [-0.2, -0.15) is 0 Å². The minimum atomic E-state index is 0.0793. The van der Waals surface area contributed by atoms with Crippen molar-refractivity contribution in [1.29, 1.82) is 0 Å². The molecule has 0 unspecified atom stereocenters. The van der Waals surface area contributed by atoms with E-state index in [1.807, 2.05) is 81.5 Å². The summed E-state index contributed by atoms with van der Waals surface area (Å²) in [5.74, 6) is 0.842. The minimum Gasteiger partial charge on any atom is -0.352 e. The maximum Gasteiger partial charge on any atom is 0.225 e. The Balaban J connectivity index is 1.86. The molecule has 30 heavy (non-hydrogen) atoms. The zero-order valence-electron chi connectivity index (χ0n) is 18.1. The Labute approximate surface area is 178 Å². The number of pyridine rings is 1. The third-order valence-electron chi connectivity index (χ3n) is 5.17. The molecule has 1 N–H and O–H groups in total. The summed E-state index contributed by atoms with van der Waals surface area (Å²) in [5.41, 5.74) is 4.59. The number of hydrogen-bond donors (Lipinski definition) is 1. The second-order valence-electron chi connectivity index (χ2n) is 7.47. The number of carbonyl (C=O) groups is 1. The topological polar surface area (TPSA) is 71.0 Å². The third kappa shape index (κ3) is 5.00. The SMILES string of the molecule is CCC(CC)C(=O)NCc1ccc(-c2nc(N(C)C)ncc2-c2ccccn2)cc1. The van der Waals surface area contributed by atoms with Crippen LogP contribution in [0.4, 0.5) is 5.95 Å². The highest BCUT2D eigenvalue weighted by molar-refractivity contribution is 5.80. The van der Waals surface area contributed by atoms with Crippen LogP contribution >= 0.6 is 0 Å². The van der Waals surface area contributed by atoms with E-state index in [0.29, 0.717) is 12.5 Å². The Hall–Kier alpha value is -3.28. The van der Waals surface area contributed by atoms with E-state index >= 15 is 0 Å². The van der Waals surface area contributed by atoms with E-state index in [1.54, 1.807) is 6.20 Å². The van der Waals surface area contributed by atoms with Gasteiger partial charge in [0.2, 0.25) is 11.9 Å². The summed E-state index contributed by atoms with van der Waals surface area (Å²) in [6.45, 7) is 4.62. The Bertz CT molecular complexity index is 967. The molecule has 0 aliphatic rings. The summed E-state index contributed by atoms with van der Waals surface area (Å²) in [4.78, 5) is 27.8. The quantitative estimate of drug-likeness (QED) is 0.606. The molecule has 0 atom stereocenters. The molecule has 6 heteroatoms. The lowest BCUT2D eigenvalue weighted by Crippen LogP contribution is -2.29. The number of amides is 1. The van der Waals surface area contributed by atoms with E-state index < -0.39 is 0 Å². The molecule has 2 aromatic heterocycles. The van der Waals surface area contributed by atoms with Gasteiger partial charge >= 0.3 is 0 Å². The van der Waals surface area contributed by atoms with E-state index in [-0.39, 0.29) is 11.8 Å². The summed E-state index contributed by atoms with van der Waals surface area (Å²) in [5, 5.41) is 3.04. The molecule has 0 saturated carbocycles. The van der Waals surface area contributed by atoms with Crippen LogP contribution in [-0.2, 0) is 11.3 Å². The normalized spacial score (nSPS) is 10.8. The smallest absolute Gasteiger partial charge is 0.225 e. The van der Waals surface area contributed by atoms with Crippen LogP contribution in [-0.4, -0.2) is 35.0 Å². The van der Waals surface area contributed by atoms with E-state index in [0.717, 1.165) is 40.9 Å². The highest BCUT2D eigenvalue weighted by Gasteiger charge is 2.15. The fourth-order valence-corrected chi connectivity index (χ4v) is 3.29. The molecule has 0 aliphatic heterocycles. The van der Waals surface area contributed by atoms with Crippen LogP contribution in [0.3, 0.4) is 0 Å². The first-order valence-corrected chi connectivity index (χ1v) is 10.4. The molecule has 1 amide bonds. The average Bonchev–Trinajstić information content (AvgIpc) is 2.79. The van der Waals surface area contributed by atoms with E-state index in [9.17, 15) is 4.79 Å². The number of anilines is 1. The van der Waals surface area contributed by atoms with Gasteiger partial charge in [-0.15, -0.1) is 0 Å². The maximum atomic E-state index is 12.2. The molecule has 0 saturated heterocycles. The predicted molar refractivity (Wildman–Crippen MR) is 121 cm³/mol. The van der Waals surface area contributed by atoms with Crippen molar-refractivity contribution >= 4 is 11.9 Å². The van der Waals surface area contributed by atoms with Crippen LogP contribution in [0.2, 0.25) is 0 Å². The Morgan fingerprint density at radius 1 is 1.03 bits per heavy atom. The molecule has 3 rings (SSSR count). The van der Waals surface area contributed by atoms with Gasteiger partial charge in [0.05, 0.1) is 11.4 Å². The molecule has 2 heterocycles. The zero-order valence-corrected chi connectivity index (χ0v) is 18.1. The minimum absolute atomic E-state index is 0.0793. The molecular weight excluding hydrogens is 374 g/mol. The first-order valence-electron chi connectivity index (χ1n) is 10.4. The fourth-order valence-electron chi connectivity index (χ4n) is 3.29. The van der Waals surface area contributed by atoms with Crippen molar-refractivity contribution in [3.63, 3.8) is 0 Å². The van der Waals surface area contributed by atoms with Gasteiger partial charge in [0.1, 0.15) is 0 Å². The lowest BCUT2D eigenvalue weighted by atomic mass is 10.0. The van der Waals surface area contributed by atoms with Crippen molar-refractivity contribution in [1.82, 2.24) is 20.3 Å². The first kappa shape index (κ1) is 21.4. The van der Waals surface area contributed by atoms with Gasteiger partial charge < -0.3 is 10.2 Å².